The Bertz CT molecular complexity index is 540. The first kappa shape index (κ1) is 20.1. The van der Waals surface area contributed by atoms with E-state index >= 15 is 0 Å². The molecule has 5 heteroatoms. The number of carbonyl (C=O) groups is 1. The monoisotopic (exact) mass is 352 g/mol. The Kier molecular flexibility index (Phi) is 6.46. The molecule has 0 saturated carbocycles. The minimum atomic E-state index is -1.13. The van der Waals surface area contributed by atoms with E-state index in [0.717, 1.165) is 18.4 Å². The molecule has 5 nitrogen and oxygen atoms in total. The molecule has 0 amide bonds. The third kappa shape index (κ3) is 4.33. The van der Waals surface area contributed by atoms with Crippen molar-refractivity contribution in [2.24, 2.45) is 17.3 Å². The Morgan fingerprint density at radius 1 is 1.48 bits per heavy atom. The van der Waals surface area contributed by atoms with Crippen LogP contribution in [0.2, 0.25) is 0 Å². The molecule has 2 aliphatic rings. The molecule has 1 aliphatic carbocycles. The Labute approximate surface area is 150 Å². The molecule has 0 radical (unpaired) electrons. The number of ketones is 1. The molecule has 25 heavy (non-hydrogen) atoms. The lowest BCUT2D eigenvalue weighted by molar-refractivity contribution is -0.131. The van der Waals surface area contributed by atoms with Crippen LogP contribution >= 0.6 is 0 Å². The number of hydrogen-bond acceptors (Lipinski definition) is 5. The van der Waals surface area contributed by atoms with Crippen molar-refractivity contribution in [3.05, 3.63) is 24.0 Å². The fourth-order valence-electron chi connectivity index (χ4n) is 4.01. The summed E-state index contributed by atoms with van der Waals surface area (Å²) in [6.07, 6.45) is 3.54. The first-order valence-corrected chi connectivity index (χ1v) is 9.21. The summed E-state index contributed by atoms with van der Waals surface area (Å²) < 4.78 is 5.77. The van der Waals surface area contributed by atoms with Gasteiger partial charge in [-0.15, -0.1) is 0 Å². The quantitative estimate of drug-likeness (QED) is 0.585. The Balaban J connectivity index is 1.91. The third-order valence-electron chi connectivity index (χ3n) is 6.13. The fourth-order valence-corrected chi connectivity index (χ4v) is 4.01. The molecule has 0 aromatic heterocycles. The Morgan fingerprint density at radius 2 is 2.16 bits per heavy atom. The minimum absolute atomic E-state index is 0.0395. The van der Waals surface area contributed by atoms with Crippen LogP contribution in [0, 0.1) is 17.3 Å². The maximum Gasteiger partial charge on any atom is 0.161 e. The SMILES string of the molecule is C=C(C)C1(C)CC(O)=CC1C(O)C(=O)CCC(C)C1CCC(CO)O1. The zero-order valence-electron chi connectivity index (χ0n) is 15.6. The molecule has 0 spiro atoms. The van der Waals surface area contributed by atoms with Crippen LogP contribution in [0.3, 0.4) is 0 Å². The molecule has 6 unspecified atom stereocenters. The van der Waals surface area contributed by atoms with E-state index in [4.69, 9.17) is 9.84 Å². The number of Topliss-reactive ketones (excluding diaryl/α,β-unsaturated/α-hetero) is 1. The predicted octanol–water partition coefficient (Wildman–Crippen LogP) is 2.92. The molecule has 6 atom stereocenters. The highest BCUT2D eigenvalue weighted by atomic mass is 16.5. The van der Waals surface area contributed by atoms with E-state index in [1.807, 2.05) is 20.8 Å². The number of aliphatic hydroxyl groups is 3. The summed E-state index contributed by atoms with van der Waals surface area (Å²) in [6.45, 7) is 9.86. The van der Waals surface area contributed by atoms with E-state index in [1.54, 1.807) is 6.08 Å². The molecule has 1 aliphatic heterocycles. The van der Waals surface area contributed by atoms with Crippen molar-refractivity contribution in [1.29, 1.82) is 0 Å². The first-order valence-electron chi connectivity index (χ1n) is 9.21. The second-order valence-corrected chi connectivity index (χ2v) is 8.04. The van der Waals surface area contributed by atoms with Crippen LogP contribution in [0.25, 0.3) is 0 Å². The normalized spacial score (nSPS) is 34.6. The molecular formula is C20H32O5. The third-order valence-corrected chi connectivity index (χ3v) is 6.13. The molecule has 3 N–H and O–H groups in total. The van der Waals surface area contributed by atoms with E-state index < -0.39 is 17.4 Å². The van der Waals surface area contributed by atoms with E-state index in [-0.39, 0.29) is 42.7 Å². The maximum absolute atomic E-state index is 12.5. The lowest BCUT2D eigenvalue weighted by Crippen LogP contribution is -2.38. The minimum Gasteiger partial charge on any atom is -0.513 e. The van der Waals surface area contributed by atoms with Crippen molar-refractivity contribution in [2.75, 3.05) is 6.61 Å². The van der Waals surface area contributed by atoms with Gasteiger partial charge in [0.05, 0.1) is 24.6 Å². The van der Waals surface area contributed by atoms with Gasteiger partial charge in [0.2, 0.25) is 0 Å². The zero-order chi connectivity index (χ0) is 18.8. The van der Waals surface area contributed by atoms with Crippen molar-refractivity contribution >= 4 is 5.78 Å². The highest BCUT2D eigenvalue weighted by Crippen LogP contribution is 2.48. The van der Waals surface area contributed by atoms with Gasteiger partial charge in [-0.3, -0.25) is 4.79 Å². The van der Waals surface area contributed by atoms with Crippen molar-refractivity contribution in [2.45, 2.75) is 71.2 Å². The van der Waals surface area contributed by atoms with Crippen molar-refractivity contribution in [3.8, 4) is 0 Å². The van der Waals surface area contributed by atoms with Crippen LogP contribution in [-0.2, 0) is 9.53 Å². The fraction of sp³-hybridized carbons (Fsp3) is 0.750. The van der Waals surface area contributed by atoms with E-state index in [9.17, 15) is 15.0 Å². The number of aliphatic hydroxyl groups excluding tert-OH is 3. The second kappa shape index (κ2) is 8.02. The predicted molar refractivity (Wildman–Crippen MR) is 96.1 cm³/mol. The van der Waals surface area contributed by atoms with Crippen molar-refractivity contribution in [3.63, 3.8) is 0 Å². The van der Waals surface area contributed by atoms with Crippen LogP contribution < -0.4 is 0 Å². The first-order chi connectivity index (χ1) is 11.7. The Hall–Kier alpha value is -1.17. The average molecular weight is 352 g/mol. The van der Waals surface area contributed by atoms with Gasteiger partial charge in [-0.05, 0) is 38.2 Å². The molecule has 0 bridgehead atoms. The summed E-state index contributed by atoms with van der Waals surface area (Å²) in [5, 5.41) is 29.6. The number of allylic oxidation sites excluding steroid dienone is 2. The summed E-state index contributed by atoms with van der Waals surface area (Å²) >= 11 is 0. The van der Waals surface area contributed by atoms with Gasteiger partial charge in [0, 0.05) is 24.2 Å². The smallest absolute Gasteiger partial charge is 0.161 e. The maximum atomic E-state index is 12.5. The Morgan fingerprint density at radius 3 is 2.72 bits per heavy atom. The zero-order valence-corrected chi connectivity index (χ0v) is 15.6. The van der Waals surface area contributed by atoms with E-state index in [2.05, 4.69) is 6.58 Å². The lowest BCUT2D eigenvalue weighted by atomic mass is 9.70. The van der Waals surface area contributed by atoms with Crippen LogP contribution in [0.4, 0.5) is 0 Å². The van der Waals surface area contributed by atoms with Crippen molar-refractivity contribution < 1.29 is 24.9 Å². The molecule has 1 heterocycles. The molecule has 142 valence electrons. The second-order valence-electron chi connectivity index (χ2n) is 8.04. The van der Waals surface area contributed by atoms with Gasteiger partial charge in [0.25, 0.3) is 0 Å². The standard InChI is InChI=1S/C20H32O5/c1-12(2)20(4)10-14(22)9-16(20)19(24)17(23)7-5-13(3)18-8-6-15(11-21)25-18/h9,13,15-16,18-19,21-22,24H,1,5-8,10-11H2,2-4H3. The largest absolute Gasteiger partial charge is 0.513 e. The van der Waals surface area contributed by atoms with Crippen LogP contribution in [-0.4, -0.2) is 46.0 Å². The van der Waals surface area contributed by atoms with Gasteiger partial charge in [-0.25, -0.2) is 0 Å². The van der Waals surface area contributed by atoms with Crippen molar-refractivity contribution in [1.82, 2.24) is 0 Å². The van der Waals surface area contributed by atoms with Gasteiger partial charge < -0.3 is 20.1 Å². The van der Waals surface area contributed by atoms with Crippen LogP contribution in [0.15, 0.2) is 24.0 Å². The summed E-state index contributed by atoms with van der Waals surface area (Å²) in [5.74, 6) is -0.223. The van der Waals surface area contributed by atoms with Crippen LogP contribution in [0.1, 0.15) is 52.9 Å². The highest BCUT2D eigenvalue weighted by molar-refractivity contribution is 5.83. The molecule has 0 aromatic rings. The number of rotatable bonds is 8. The number of hydrogen-bond donors (Lipinski definition) is 3. The van der Waals surface area contributed by atoms with Crippen LogP contribution in [0.5, 0.6) is 0 Å². The molecule has 1 fully saturated rings. The van der Waals surface area contributed by atoms with Gasteiger partial charge in [0.1, 0.15) is 6.10 Å². The topological polar surface area (TPSA) is 87.0 Å². The van der Waals surface area contributed by atoms with Gasteiger partial charge >= 0.3 is 0 Å². The van der Waals surface area contributed by atoms with E-state index in [0.29, 0.717) is 12.8 Å². The number of ether oxygens (including phenoxy) is 1. The molecular weight excluding hydrogens is 320 g/mol. The molecule has 2 rings (SSSR count). The van der Waals surface area contributed by atoms with E-state index in [1.165, 1.54) is 0 Å². The van der Waals surface area contributed by atoms with Gasteiger partial charge in [-0.2, -0.15) is 0 Å². The van der Waals surface area contributed by atoms with Gasteiger partial charge in [0.15, 0.2) is 5.78 Å². The summed E-state index contributed by atoms with van der Waals surface area (Å²) in [6, 6.07) is 0. The molecule has 0 aromatic carbocycles. The summed E-state index contributed by atoms with van der Waals surface area (Å²) in [4.78, 5) is 12.5. The summed E-state index contributed by atoms with van der Waals surface area (Å²) in [5.41, 5.74) is 0.362. The molecule has 1 saturated heterocycles. The summed E-state index contributed by atoms with van der Waals surface area (Å²) in [7, 11) is 0. The average Bonchev–Trinajstić information content (AvgIpc) is 3.16. The van der Waals surface area contributed by atoms with Gasteiger partial charge in [-0.1, -0.05) is 26.0 Å². The highest BCUT2D eigenvalue weighted by Gasteiger charge is 2.45. The lowest BCUT2D eigenvalue weighted by Gasteiger charge is -2.34. The number of carbonyl (C=O) groups excluding carboxylic acids is 1.